The van der Waals surface area contributed by atoms with E-state index in [1.807, 2.05) is 13.8 Å². The van der Waals surface area contributed by atoms with E-state index in [9.17, 15) is 15.0 Å². The van der Waals surface area contributed by atoms with Crippen LogP contribution in [0.3, 0.4) is 0 Å². The fraction of sp³-hybridized carbons (Fsp3) is 0.667. The van der Waals surface area contributed by atoms with Crippen LogP contribution in [-0.2, 0) is 11.3 Å². The molecule has 0 aromatic carbocycles. The van der Waals surface area contributed by atoms with Crippen molar-refractivity contribution in [1.82, 2.24) is 19.1 Å². The molecular formula is C15H22ClN5O4. The lowest BCUT2D eigenvalue weighted by molar-refractivity contribution is -0.0760. The van der Waals surface area contributed by atoms with E-state index in [2.05, 4.69) is 9.97 Å². The van der Waals surface area contributed by atoms with Crippen LogP contribution < -0.4 is 11.4 Å². The normalized spacial score (nSPS) is 24.9. The molecule has 3 rings (SSSR count). The second-order valence-corrected chi connectivity index (χ2v) is 6.55. The Hall–Kier alpha value is -1.68. The number of imidazole rings is 1. The number of halogens is 1. The lowest BCUT2D eigenvalue weighted by Crippen LogP contribution is -2.32. The lowest BCUT2D eigenvalue weighted by atomic mass is 10.1. The Labute approximate surface area is 149 Å². The van der Waals surface area contributed by atoms with Crippen molar-refractivity contribution in [3.8, 4) is 0 Å². The summed E-state index contributed by atoms with van der Waals surface area (Å²) in [6, 6.07) is 0. The Morgan fingerprint density at radius 3 is 2.80 bits per heavy atom. The van der Waals surface area contributed by atoms with E-state index in [0.29, 0.717) is 24.9 Å². The molecule has 0 saturated carbocycles. The van der Waals surface area contributed by atoms with Crippen molar-refractivity contribution >= 4 is 28.7 Å². The zero-order valence-electron chi connectivity index (χ0n) is 14.1. The van der Waals surface area contributed by atoms with Gasteiger partial charge in [-0.15, -0.1) is 0 Å². The fourth-order valence-electron chi connectivity index (χ4n) is 3.23. The van der Waals surface area contributed by atoms with Crippen molar-refractivity contribution in [2.45, 2.75) is 64.2 Å². The van der Waals surface area contributed by atoms with Gasteiger partial charge in [-0.25, -0.2) is 9.36 Å². The van der Waals surface area contributed by atoms with Crippen molar-refractivity contribution in [2.24, 2.45) is 0 Å². The van der Waals surface area contributed by atoms with Crippen molar-refractivity contribution < 1.29 is 14.9 Å². The molecule has 1 aliphatic heterocycles. The molecule has 0 unspecified atom stereocenters. The summed E-state index contributed by atoms with van der Waals surface area (Å²) in [6.45, 7) is 4.16. The van der Waals surface area contributed by atoms with Crippen LogP contribution in [0.15, 0.2) is 4.79 Å². The zero-order valence-corrected chi connectivity index (χ0v) is 14.8. The minimum Gasteiger partial charge on any atom is -0.390 e. The van der Waals surface area contributed by atoms with Crippen molar-refractivity contribution in [3.05, 3.63) is 15.6 Å². The second-order valence-electron chi connectivity index (χ2n) is 6.19. The number of aromatic nitrogens is 4. The third-order valence-corrected chi connectivity index (χ3v) is 4.71. The minimum absolute atomic E-state index is 0.0717. The number of aryl methyl sites for hydroxylation is 1. The number of anilines is 1. The Bertz CT molecular complexity index is 835. The minimum atomic E-state index is -0.968. The Morgan fingerprint density at radius 2 is 2.16 bits per heavy atom. The maximum absolute atomic E-state index is 12.9. The van der Waals surface area contributed by atoms with Gasteiger partial charge in [0, 0.05) is 13.0 Å². The molecule has 3 heterocycles. The van der Waals surface area contributed by atoms with Crippen LogP contribution in [0.1, 0.15) is 39.3 Å². The van der Waals surface area contributed by atoms with E-state index < -0.39 is 30.2 Å². The molecule has 0 amide bonds. The quantitative estimate of drug-likeness (QED) is 0.658. The van der Waals surface area contributed by atoms with E-state index in [0.717, 1.165) is 0 Å². The van der Waals surface area contributed by atoms with E-state index in [1.54, 1.807) is 0 Å². The van der Waals surface area contributed by atoms with Crippen LogP contribution in [0.25, 0.3) is 11.2 Å². The summed E-state index contributed by atoms with van der Waals surface area (Å²) in [5.74, 6) is -0.0717. The summed E-state index contributed by atoms with van der Waals surface area (Å²) in [5, 5.41) is 20.5. The first-order chi connectivity index (χ1) is 11.9. The highest BCUT2D eigenvalue weighted by molar-refractivity contribution is 6.33. The molecule has 2 aromatic rings. The van der Waals surface area contributed by atoms with E-state index in [1.165, 1.54) is 9.13 Å². The highest BCUT2D eigenvalue weighted by Gasteiger charge is 2.40. The Balaban J connectivity index is 2.16. The molecule has 25 heavy (non-hydrogen) atoms. The number of nitrogen functional groups attached to an aromatic ring is 1. The third-order valence-electron chi connectivity index (χ3n) is 4.44. The fourth-order valence-corrected chi connectivity index (χ4v) is 3.51. The lowest BCUT2D eigenvalue weighted by Gasteiger charge is -2.18. The molecule has 138 valence electrons. The smallest absolute Gasteiger partial charge is 0.332 e. The number of aliphatic hydroxyl groups excluding tert-OH is 2. The maximum Gasteiger partial charge on any atom is 0.332 e. The van der Waals surface area contributed by atoms with Gasteiger partial charge in [0.1, 0.15) is 11.6 Å². The predicted molar refractivity (Wildman–Crippen MR) is 92.3 cm³/mol. The molecule has 4 N–H and O–H groups in total. The van der Waals surface area contributed by atoms with Crippen molar-refractivity contribution in [3.63, 3.8) is 0 Å². The molecular weight excluding hydrogens is 350 g/mol. The number of hydrogen-bond acceptors (Lipinski definition) is 7. The summed E-state index contributed by atoms with van der Waals surface area (Å²) in [6.07, 6.45) is -1.80. The zero-order chi connectivity index (χ0) is 18.3. The van der Waals surface area contributed by atoms with Gasteiger partial charge in [0.05, 0.1) is 12.2 Å². The number of hydrogen-bond donors (Lipinski definition) is 3. The topological polar surface area (TPSA) is 128 Å². The molecule has 0 aliphatic carbocycles. The van der Waals surface area contributed by atoms with Gasteiger partial charge in [-0.05, 0) is 12.8 Å². The molecule has 1 aliphatic rings. The molecule has 0 spiro atoms. The molecule has 1 fully saturated rings. The van der Waals surface area contributed by atoms with Gasteiger partial charge >= 0.3 is 5.69 Å². The van der Waals surface area contributed by atoms with Gasteiger partial charge in [-0.3, -0.25) is 4.57 Å². The van der Waals surface area contributed by atoms with E-state index in [4.69, 9.17) is 22.1 Å². The molecule has 0 bridgehead atoms. The van der Waals surface area contributed by atoms with Crippen LogP contribution in [0.5, 0.6) is 0 Å². The summed E-state index contributed by atoms with van der Waals surface area (Å²) < 4.78 is 8.48. The van der Waals surface area contributed by atoms with Crippen LogP contribution in [0.4, 0.5) is 5.95 Å². The summed E-state index contributed by atoms with van der Waals surface area (Å²) in [7, 11) is 0. The van der Waals surface area contributed by atoms with Crippen LogP contribution in [-0.4, -0.2) is 47.6 Å². The third kappa shape index (κ3) is 3.01. The van der Waals surface area contributed by atoms with E-state index in [-0.39, 0.29) is 23.2 Å². The number of ether oxygens (including phenoxy) is 1. The average Bonchev–Trinajstić information content (AvgIpc) is 3.05. The highest BCUT2D eigenvalue weighted by Crippen LogP contribution is 2.33. The first-order valence-electron chi connectivity index (χ1n) is 8.34. The molecule has 9 nitrogen and oxygen atoms in total. The molecule has 4 atom stereocenters. The molecule has 10 heteroatoms. The first-order valence-corrected chi connectivity index (χ1v) is 8.72. The van der Waals surface area contributed by atoms with Crippen LogP contribution in [0.2, 0.25) is 5.15 Å². The van der Waals surface area contributed by atoms with Crippen molar-refractivity contribution in [1.29, 1.82) is 0 Å². The molecule has 2 aromatic heterocycles. The number of aliphatic hydroxyl groups is 2. The molecule has 0 radical (unpaired) electrons. The predicted octanol–water partition coefficient (Wildman–Crippen LogP) is 0.658. The number of nitrogens with two attached hydrogens (primary N) is 1. The summed E-state index contributed by atoms with van der Waals surface area (Å²) >= 11 is 6.19. The summed E-state index contributed by atoms with van der Waals surface area (Å²) in [4.78, 5) is 21.0. The largest absolute Gasteiger partial charge is 0.390 e. The second kappa shape index (κ2) is 6.91. The molecule has 1 saturated heterocycles. The number of fused-ring (bicyclic) bond motifs is 1. The standard InChI is InChI=1S/C15H22ClN5O4/c1-3-5-20-10-11(16)18-14(17)19-12(10)21(15(20)24)13-8(23)6-9(25-13)7(22)4-2/h7-9,13,22-23H,3-6H2,1-2H3,(H2,17,18,19)/t7-,8+,9-,13+/m0/s1. The van der Waals surface area contributed by atoms with Crippen LogP contribution >= 0.6 is 11.6 Å². The van der Waals surface area contributed by atoms with Gasteiger partial charge in [0.15, 0.2) is 17.0 Å². The SMILES string of the molecule is CCCn1c(=O)n([C@@H]2O[C@H]([C@@H](O)CC)C[C@H]2O)c2nc(N)nc(Cl)c21. The average molecular weight is 372 g/mol. The van der Waals surface area contributed by atoms with Crippen LogP contribution in [0, 0.1) is 0 Å². The summed E-state index contributed by atoms with van der Waals surface area (Å²) in [5.41, 5.74) is 5.85. The Kier molecular flexibility index (Phi) is 5.01. The van der Waals surface area contributed by atoms with Gasteiger partial charge in [0.2, 0.25) is 5.95 Å². The van der Waals surface area contributed by atoms with Crippen molar-refractivity contribution in [2.75, 3.05) is 5.73 Å². The monoisotopic (exact) mass is 371 g/mol. The van der Waals surface area contributed by atoms with Gasteiger partial charge in [-0.1, -0.05) is 25.4 Å². The first kappa shape index (κ1) is 18.1. The number of nitrogens with zero attached hydrogens (tertiary/aromatic N) is 4. The Morgan fingerprint density at radius 1 is 1.44 bits per heavy atom. The number of rotatable bonds is 5. The maximum atomic E-state index is 12.9. The van der Waals surface area contributed by atoms with Gasteiger partial charge < -0.3 is 20.7 Å². The van der Waals surface area contributed by atoms with Gasteiger partial charge in [-0.2, -0.15) is 9.97 Å². The van der Waals surface area contributed by atoms with Gasteiger partial charge in [0.25, 0.3) is 0 Å². The van der Waals surface area contributed by atoms with E-state index >= 15 is 0 Å². The highest BCUT2D eigenvalue weighted by atomic mass is 35.5.